The van der Waals surface area contributed by atoms with Crippen molar-refractivity contribution < 1.29 is 9.59 Å². The van der Waals surface area contributed by atoms with Crippen molar-refractivity contribution in [1.29, 1.82) is 5.26 Å². The summed E-state index contributed by atoms with van der Waals surface area (Å²) in [6, 6.07) is 1.88. The summed E-state index contributed by atoms with van der Waals surface area (Å²) in [5.41, 5.74) is 0. The summed E-state index contributed by atoms with van der Waals surface area (Å²) in [7, 11) is 0. The highest BCUT2D eigenvalue weighted by molar-refractivity contribution is 5.87. The average molecular weight is 277 g/mol. The molecule has 1 rings (SSSR count). The van der Waals surface area contributed by atoms with Crippen LogP contribution in [0.5, 0.6) is 0 Å². The lowest BCUT2D eigenvalue weighted by molar-refractivity contribution is -0.131. The van der Waals surface area contributed by atoms with Crippen molar-refractivity contribution in [3.05, 3.63) is 12.2 Å². The molecule has 0 unspecified atom stereocenters. The van der Waals surface area contributed by atoms with E-state index in [0.29, 0.717) is 31.5 Å². The molecular weight excluding hydrogens is 254 g/mol. The fourth-order valence-electron chi connectivity index (χ4n) is 2.15. The molecule has 1 aliphatic heterocycles. The largest absolute Gasteiger partial charge is 0.352 e. The standard InChI is InChI=1S/C15H23N3O2/c1-12(2)3-4-14(19)17-11-13-6-9-18(10-7-13)15(20)5-8-16/h3-4,12-13H,5-7,9-11H2,1-2H3,(H,17,19)/b4-3+. The summed E-state index contributed by atoms with van der Waals surface area (Å²) in [5.74, 6) is 0.643. The van der Waals surface area contributed by atoms with Crippen molar-refractivity contribution in [3.8, 4) is 6.07 Å². The van der Waals surface area contributed by atoms with Crippen molar-refractivity contribution in [2.24, 2.45) is 11.8 Å². The maximum Gasteiger partial charge on any atom is 0.243 e. The van der Waals surface area contributed by atoms with E-state index in [1.165, 1.54) is 0 Å². The predicted molar refractivity (Wildman–Crippen MR) is 76.5 cm³/mol. The fraction of sp³-hybridized carbons (Fsp3) is 0.667. The Bertz CT molecular complexity index is 402. The number of nitrogens with zero attached hydrogens (tertiary/aromatic N) is 2. The third-order valence-corrected chi connectivity index (χ3v) is 3.39. The zero-order valence-electron chi connectivity index (χ0n) is 12.3. The monoisotopic (exact) mass is 277 g/mol. The SMILES string of the molecule is CC(C)/C=C/C(=O)NCC1CCN(C(=O)CC#N)CC1. The molecule has 0 aromatic carbocycles. The minimum absolute atomic E-state index is 0.0403. The van der Waals surface area contributed by atoms with Crippen LogP contribution in [0.1, 0.15) is 33.1 Å². The number of piperidine rings is 1. The van der Waals surface area contributed by atoms with Gasteiger partial charge >= 0.3 is 0 Å². The maximum atomic E-state index is 11.5. The number of nitrogens with one attached hydrogen (secondary N) is 1. The van der Waals surface area contributed by atoms with Gasteiger partial charge in [-0.05, 0) is 30.8 Å². The second kappa shape index (κ2) is 8.36. The van der Waals surface area contributed by atoms with Crippen LogP contribution in [0.15, 0.2) is 12.2 Å². The fourth-order valence-corrected chi connectivity index (χ4v) is 2.15. The summed E-state index contributed by atoms with van der Waals surface area (Å²) in [6.07, 6.45) is 5.17. The second-order valence-corrected chi connectivity index (χ2v) is 5.51. The van der Waals surface area contributed by atoms with E-state index >= 15 is 0 Å². The molecule has 1 saturated heterocycles. The third kappa shape index (κ3) is 5.87. The van der Waals surface area contributed by atoms with Gasteiger partial charge in [0.15, 0.2) is 0 Å². The summed E-state index contributed by atoms with van der Waals surface area (Å²) in [4.78, 5) is 24.8. The molecule has 2 amide bonds. The van der Waals surface area contributed by atoms with Crippen molar-refractivity contribution in [2.75, 3.05) is 19.6 Å². The van der Waals surface area contributed by atoms with Crippen molar-refractivity contribution >= 4 is 11.8 Å². The van der Waals surface area contributed by atoms with E-state index in [2.05, 4.69) is 5.32 Å². The molecule has 110 valence electrons. The average Bonchev–Trinajstić information content (AvgIpc) is 2.43. The molecule has 0 bridgehead atoms. The van der Waals surface area contributed by atoms with Crippen LogP contribution in [0, 0.1) is 23.2 Å². The molecule has 1 N–H and O–H groups in total. The number of rotatable bonds is 5. The number of likely N-dealkylation sites (tertiary alicyclic amines) is 1. The van der Waals surface area contributed by atoms with E-state index in [-0.39, 0.29) is 18.2 Å². The quantitative estimate of drug-likeness (QED) is 0.773. The second-order valence-electron chi connectivity index (χ2n) is 5.51. The van der Waals surface area contributed by atoms with Crippen LogP contribution in [-0.4, -0.2) is 36.3 Å². The number of carbonyl (C=O) groups is 2. The Morgan fingerprint density at radius 2 is 2.05 bits per heavy atom. The number of allylic oxidation sites excluding steroid dienone is 1. The molecule has 0 atom stereocenters. The molecule has 20 heavy (non-hydrogen) atoms. The highest BCUT2D eigenvalue weighted by Crippen LogP contribution is 2.16. The minimum atomic E-state index is -0.0881. The first-order chi connectivity index (χ1) is 9.52. The number of amides is 2. The van der Waals surface area contributed by atoms with Gasteiger partial charge in [0.2, 0.25) is 11.8 Å². The molecule has 0 saturated carbocycles. The normalized spacial score (nSPS) is 16.4. The van der Waals surface area contributed by atoms with E-state index in [4.69, 9.17) is 5.26 Å². The van der Waals surface area contributed by atoms with Crippen LogP contribution in [0.4, 0.5) is 0 Å². The molecule has 0 spiro atoms. The zero-order chi connectivity index (χ0) is 15.0. The highest BCUT2D eigenvalue weighted by atomic mass is 16.2. The molecule has 1 fully saturated rings. The first kappa shape index (κ1) is 16.2. The van der Waals surface area contributed by atoms with Gasteiger partial charge in [0, 0.05) is 19.6 Å². The molecule has 5 nitrogen and oxygen atoms in total. The third-order valence-electron chi connectivity index (χ3n) is 3.39. The summed E-state index contributed by atoms with van der Waals surface area (Å²) >= 11 is 0. The van der Waals surface area contributed by atoms with E-state index in [1.807, 2.05) is 26.0 Å². The van der Waals surface area contributed by atoms with Gasteiger partial charge in [0.1, 0.15) is 6.42 Å². The lowest BCUT2D eigenvalue weighted by Gasteiger charge is -2.31. The van der Waals surface area contributed by atoms with Crippen LogP contribution in [0.25, 0.3) is 0 Å². The molecule has 1 aliphatic rings. The van der Waals surface area contributed by atoms with Gasteiger partial charge in [-0.2, -0.15) is 5.26 Å². The van der Waals surface area contributed by atoms with E-state index in [0.717, 1.165) is 12.8 Å². The molecule has 5 heteroatoms. The lowest BCUT2D eigenvalue weighted by Crippen LogP contribution is -2.41. The van der Waals surface area contributed by atoms with Crippen molar-refractivity contribution in [1.82, 2.24) is 10.2 Å². The van der Waals surface area contributed by atoms with Crippen molar-refractivity contribution in [3.63, 3.8) is 0 Å². The lowest BCUT2D eigenvalue weighted by atomic mass is 9.96. The molecule has 1 heterocycles. The Hall–Kier alpha value is -1.83. The predicted octanol–water partition coefficient (Wildman–Crippen LogP) is 1.47. The van der Waals surface area contributed by atoms with Crippen LogP contribution in [0.2, 0.25) is 0 Å². The van der Waals surface area contributed by atoms with Gasteiger partial charge in [-0.25, -0.2) is 0 Å². The Labute approximate surface area is 120 Å². The number of carbonyl (C=O) groups excluding carboxylic acids is 2. The smallest absolute Gasteiger partial charge is 0.243 e. The van der Waals surface area contributed by atoms with Crippen LogP contribution in [0.3, 0.4) is 0 Å². The molecule has 0 aromatic heterocycles. The van der Waals surface area contributed by atoms with Crippen molar-refractivity contribution in [2.45, 2.75) is 33.1 Å². The summed E-state index contributed by atoms with van der Waals surface area (Å²) in [6.45, 7) is 6.07. The number of hydrogen-bond donors (Lipinski definition) is 1. The Morgan fingerprint density at radius 1 is 1.40 bits per heavy atom. The molecule has 0 aromatic rings. The molecule has 0 radical (unpaired) electrons. The van der Waals surface area contributed by atoms with E-state index in [1.54, 1.807) is 11.0 Å². The first-order valence-corrected chi connectivity index (χ1v) is 7.13. The summed E-state index contributed by atoms with van der Waals surface area (Å²) < 4.78 is 0. The highest BCUT2D eigenvalue weighted by Gasteiger charge is 2.22. The topological polar surface area (TPSA) is 73.2 Å². The van der Waals surface area contributed by atoms with E-state index in [9.17, 15) is 9.59 Å². The number of nitriles is 1. The van der Waals surface area contributed by atoms with Gasteiger partial charge in [0.25, 0.3) is 0 Å². The zero-order valence-corrected chi connectivity index (χ0v) is 12.3. The van der Waals surface area contributed by atoms with Gasteiger partial charge in [-0.1, -0.05) is 19.9 Å². The Kier molecular flexibility index (Phi) is 6.78. The molecule has 0 aliphatic carbocycles. The molecular formula is C15H23N3O2. The van der Waals surface area contributed by atoms with Gasteiger partial charge in [0.05, 0.1) is 6.07 Å². The van der Waals surface area contributed by atoms with Crippen LogP contribution < -0.4 is 5.32 Å². The van der Waals surface area contributed by atoms with Gasteiger partial charge in [-0.3, -0.25) is 9.59 Å². The van der Waals surface area contributed by atoms with Gasteiger partial charge in [-0.15, -0.1) is 0 Å². The number of hydrogen-bond acceptors (Lipinski definition) is 3. The first-order valence-electron chi connectivity index (χ1n) is 7.13. The van der Waals surface area contributed by atoms with Crippen LogP contribution >= 0.6 is 0 Å². The van der Waals surface area contributed by atoms with Gasteiger partial charge < -0.3 is 10.2 Å². The summed E-state index contributed by atoms with van der Waals surface area (Å²) in [5, 5.41) is 11.4. The minimum Gasteiger partial charge on any atom is -0.352 e. The maximum absolute atomic E-state index is 11.5. The Morgan fingerprint density at radius 3 is 2.60 bits per heavy atom. The van der Waals surface area contributed by atoms with E-state index < -0.39 is 0 Å². The van der Waals surface area contributed by atoms with Crippen LogP contribution in [-0.2, 0) is 9.59 Å². The Balaban J connectivity index is 2.24.